The van der Waals surface area contributed by atoms with Crippen molar-refractivity contribution in [1.29, 1.82) is 0 Å². The quantitative estimate of drug-likeness (QED) is 0.486. The normalized spacial score (nSPS) is 10.3. The summed E-state index contributed by atoms with van der Waals surface area (Å²) in [7, 11) is 1.58. The molecule has 3 rings (SSSR count). The summed E-state index contributed by atoms with van der Waals surface area (Å²) in [6.45, 7) is 4.63. The van der Waals surface area contributed by atoms with Gasteiger partial charge in [0.2, 0.25) is 11.9 Å². The van der Waals surface area contributed by atoms with Gasteiger partial charge in [0.25, 0.3) is 5.91 Å². The van der Waals surface area contributed by atoms with Crippen molar-refractivity contribution in [3.05, 3.63) is 66.5 Å². The number of likely N-dealkylation sites (N-methyl/N-ethyl adjacent to an activating group) is 1. The van der Waals surface area contributed by atoms with Crippen LogP contribution in [-0.2, 0) is 4.79 Å². The summed E-state index contributed by atoms with van der Waals surface area (Å²) in [6.07, 6.45) is 3.25. The van der Waals surface area contributed by atoms with E-state index in [2.05, 4.69) is 20.6 Å². The summed E-state index contributed by atoms with van der Waals surface area (Å²) in [5.74, 6) is 0.970. The lowest BCUT2D eigenvalue weighted by Crippen LogP contribution is -2.34. The maximum Gasteiger partial charge on any atom is 0.254 e. The van der Waals surface area contributed by atoms with Gasteiger partial charge >= 0.3 is 0 Å². The minimum Gasteiger partial charge on any atom is -0.490 e. The smallest absolute Gasteiger partial charge is 0.254 e. The topological polar surface area (TPSA) is 106 Å². The fourth-order valence-corrected chi connectivity index (χ4v) is 3.06. The number of amides is 2. The van der Waals surface area contributed by atoms with Crippen LogP contribution < -0.4 is 20.1 Å². The van der Waals surface area contributed by atoms with E-state index in [1.165, 1.54) is 4.90 Å². The van der Waals surface area contributed by atoms with Crippen molar-refractivity contribution in [2.45, 2.75) is 13.8 Å². The predicted molar refractivity (Wildman–Crippen MR) is 126 cm³/mol. The number of benzene rings is 2. The zero-order valence-corrected chi connectivity index (χ0v) is 18.9. The maximum atomic E-state index is 12.8. The van der Waals surface area contributed by atoms with Crippen molar-refractivity contribution in [1.82, 2.24) is 14.9 Å². The van der Waals surface area contributed by atoms with Crippen LogP contribution in [0, 0.1) is 0 Å². The molecule has 0 aliphatic heterocycles. The Kier molecular flexibility index (Phi) is 8.18. The first-order valence-corrected chi connectivity index (χ1v) is 10.6. The summed E-state index contributed by atoms with van der Waals surface area (Å²) < 4.78 is 11.1. The van der Waals surface area contributed by atoms with E-state index in [4.69, 9.17) is 9.47 Å². The minimum absolute atomic E-state index is 0.116. The third-order valence-electron chi connectivity index (χ3n) is 4.49. The van der Waals surface area contributed by atoms with Gasteiger partial charge in [-0.3, -0.25) is 9.59 Å². The van der Waals surface area contributed by atoms with Crippen molar-refractivity contribution in [3.63, 3.8) is 0 Å². The van der Waals surface area contributed by atoms with E-state index in [9.17, 15) is 9.59 Å². The fourth-order valence-electron chi connectivity index (χ4n) is 3.06. The average Bonchev–Trinajstić information content (AvgIpc) is 2.81. The number of aromatic nitrogens is 2. The third-order valence-corrected chi connectivity index (χ3v) is 4.49. The van der Waals surface area contributed by atoms with Gasteiger partial charge in [-0.25, -0.2) is 9.97 Å². The SMILES string of the molecule is CCOc1ccc(NC(=O)CN(C)C(=O)c2cccc(Nc3ncccn3)c2)cc1OCC. The molecule has 0 atom stereocenters. The summed E-state index contributed by atoms with van der Waals surface area (Å²) >= 11 is 0. The van der Waals surface area contributed by atoms with Gasteiger partial charge in [0.15, 0.2) is 11.5 Å². The van der Waals surface area contributed by atoms with Gasteiger partial charge in [0, 0.05) is 42.4 Å². The van der Waals surface area contributed by atoms with Crippen molar-refractivity contribution < 1.29 is 19.1 Å². The van der Waals surface area contributed by atoms with Gasteiger partial charge in [-0.15, -0.1) is 0 Å². The number of hydrogen-bond acceptors (Lipinski definition) is 7. The summed E-state index contributed by atoms with van der Waals surface area (Å²) in [5.41, 5.74) is 1.66. The number of anilines is 3. The number of nitrogens with one attached hydrogen (secondary N) is 2. The van der Waals surface area contributed by atoms with Crippen LogP contribution >= 0.6 is 0 Å². The van der Waals surface area contributed by atoms with Gasteiger partial charge in [0.1, 0.15) is 0 Å². The Balaban J connectivity index is 1.62. The molecule has 0 aliphatic rings. The highest BCUT2D eigenvalue weighted by Crippen LogP contribution is 2.30. The van der Waals surface area contributed by atoms with E-state index < -0.39 is 0 Å². The molecule has 172 valence electrons. The zero-order valence-electron chi connectivity index (χ0n) is 18.9. The molecule has 3 aromatic rings. The van der Waals surface area contributed by atoms with Gasteiger partial charge in [-0.05, 0) is 50.2 Å². The maximum absolute atomic E-state index is 12.8. The minimum atomic E-state index is -0.329. The lowest BCUT2D eigenvalue weighted by Gasteiger charge is -2.18. The molecule has 9 heteroatoms. The van der Waals surface area contributed by atoms with Crippen LogP contribution in [0.4, 0.5) is 17.3 Å². The van der Waals surface area contributed by atoms with E-state index in [0.29, 0.717) is 47.6 Å². The van der Waals surface area contributed by atoms with E-state index in [1.54, 1.807) is 61.9 Å². The standard InChI is InChI=1S/C24H27N5O4/c1-4-32-20-11-10-19(15-21(20)33-5-2)27-22(30)16-29(3)23(31)17-8-6-9-18(14-17)28-24-25-12-7-13-26-24/h6-15H,4-5,16H2,1-3H3,(H,27,30)(H,25,26,28). The van der Waals surface area contributed by atoms with Crippen molar-refractivity contribution in [2.24, 2.45) is 0 Å². The van der Waals surface area contributed by atoms with E-state index >= 15 is 0 Å². The molecular weight excluding hydrogens is 422 g/mol. The Morgan fingerprint density at radius 3 is 2.36 bits per heavy atom. The van der Waals surface area contributed by atoms with Crippen LogP contribution in [0.5, 0.6) is 11.5 Å². The van der Waals surface area contributed by atoms with Crippen LogP contribution in [0.1, 0.15) is 24.2 Å². The Morgan fingerprint density at radius 2 is 1.64 bits per heavy atom. The Bertz CT molecular complexity index is 1090. The molecule has 1 aromatic heterocycles. The molecule has 0 radical (unpaired) electrons. The Morgan fingerprint density at radius 1 is 0.909 bits per heavy atom. The monoisotopic (exact) mass is 449 g/mol. The Labute approximate surface area is 192 Å². The second-order valence-corrected chi connectivity index (χ2v) is 7.02. The number of carbonyl (C=O) groups excluding carboxylic acids is 2. The molecule has 0 aliphatic carbocycles. The molecule has 0 saturated heterocycles. The van der Waals surface area contributed by atoms with E-state index in [1.807, 2.05) is 19.9 Å². The van der Waals surface area contributed by atoms with Crippen LogP contribution in [-0.4, -0.2) is 53.5 Å². The highest BCUT2D eigenvalue weighted by atomic mass is 16.5. The molecule has 2 amide bonds. The number of hydrogen-bond donors (Lipinski definition) is 2. The number of nitrogens with zero attached hydrogens (tertiary/aromatic N) is 3. The largest absolute Gasteiger partial charge is 0.490 e. The molecule has 0 saturated carbocycles. The number of ether oxygens (including phenoxy) is 2. The number of rotatable bonds is 10. The van der Waals surface area contributed by atoms with Gasteiger partial charge < -0.3 is 25.0 Å². The van der Waals surface area contributed by atoms with E-state index in [0.717, 1.165) is 0 Å². The highest BCUT2D eigenvalue weighted by molar-refractivity contribution is 5.99. The predicted octanol–water partition coefficient (Wildman–Crippen LogP) is 3.73. The fraction of sp³-hybridized carbons (Fsp3) is 0.250. The Hall–Kier alpha value is -4.14. The van der Waals surface area contributed by atoms with Crippen LogP contribution in [0.3, 0.4) is 0 Å². The molecule has 33 heavy (non-hydrogen) atoms. The average molecular weight is 450 g/mol. The first kappa shape index (κ1) is 23.5. The van der Waals surface area contributed by atoms with Crippen molar-refractivity contribution in [3.8, 4) is 11.5 Å². The van der Waals surface area contributed by atoms with Crippen molar-refractivity contribution >= 4 is 29.1 Å². The molecular formula is C24H27N5O4. The molecule has 2 N–H and O–H groups in total. The molecule has 1 heterocycles. The molecule has 0 spiro atoms. The summed E-state index contributed by atoms with van der Waals surface area (Å²) in [4.78, 5) is 35.0. The second kappa shape index (κ2) is 11.5. The van der Waals surface area contributed by atoms with Crippen LogP contribution in [0.25, 0.3) is 0 Å². The van der Waals surface area contributed by atoms with Gasteiger partial charge in [0.05, 0.1) is 19.8 Å². The number of carbonyl (C=O) groups is 2. The summed E-state index contributed by atoms with van der Waals surface area (Å²) in [5, 5.41) is 5.84. The summed E-state index contributed by atoms with van der Waals surface area (Å²) in [6, 6.07) is 13.8. The molecule has 2 aromatic carbocycles. The second-order valence-electron chi connectivity index (χ2n) is 7.02. The highest BCUT2D eigenvalue weighted by Gasteiger charge is 2.16. The molecule has 9 nitrogen and oxygen atoms in total. The van der Waals surface area contributed by atoms with Crippen molar-refractivity contribution in [2.75, 3.05) is 37.4 Å². The lowest BCUT2D eigenvalue weighted by molar-refractivity contribution is -0.116. The zero-order chi connectivity index (χ0) is 23.6. The first-order chi connectivity index (χ1) is 16.0. The van der Waals surface area contributed by atoms with Crippen LogP contribution in [0.2, 0.25) is 0 Å². The van der Waals surface area contributed by atoms with E-state index in [-0.39, 0.29) is 18.4 Å². The van der Waals surface area contributed by atoms with Gasteiger partial charge in [-0.2, -0.15) is 0 Å². The molecule has 0 unspecified atom stereocenters. The van der Waals surface area contributed by atoms with Gasteiger partial charge in [-0.1, -0.05) is 6.07 Å². The molecule has 0 bridgehead atoms. The first-order valence-electron chi connectivity index (χ1n) is 10.6. The molecule has 0 fully saturated rings. The third kappa shape index (κ3) is 6.67. The lowest BCUT2D eigenvalue weighted by atomic mass is 10.1. The van der Waals surface area contributed by atoms with Crippen LogP contribution in [0.15, 0.2) is 60.9 Å².